The molecule has 2 aliphatic rings. The molecule has 1 atom stereocenters. The van der Waals surface area contributed by atoms with Crippen molar-refractivity contribution < 1.29 is 121 Å². The second-order valence-electron chi connectivity index (χ2n) is 7.08. The fraction of sp³-hybridized carbons (Fsp3) is 0.875. The van der Waals surface area contributed by atoms with Crippen LogP contribution in [-0.2, 0) is 19.7 Å². The van der Waals surface area contributed by atoms with Crippen molar-refractivity contribution >= 4 is 22.1 Å². The van der Waals surface area contributed by atoms with Crippen molar-refractivity contribution in [3.05, 3.63) is 0 Å². The van der Waals surface area contributed by atoms with E-state index in [0.717, 1.165) is 12.8 Å². The van der Waals surface area contributed by atoms with Gasteiger partial charge >= 0.3 is 88.7 Å². The summed E-state index contributed by atoms with van der Waals surface area (Å²) in [6, 6.07) is 0. The summed E-state index contributed by atoms with van der Waals surface area (Å²) < 4.78 is 35.2. The molecule has 7 nitrogen and oxygen atoms in total. The minimum atomic E-state index is -5.40. The molecular weight excluding hydrogens is 405 g/mol. The van der Waals surface area contributed by atoms with E-state index in [1.54, 1.807) is 0 Å². The SMILES string of the molecule is O=C([O-])C(C(C(=O)[O-])(C1CCCCC1)C1CCCCC1)S(=O)(=O)[O-].[Na+].[Na+].[Na+]. The molecule has 0 radical (unpaired) electrons. The Balaban J connectivity index is 0. The number of carboxylic acids is 2. The predicted molar refractivity (Wildman–Crippen MR) is 79.1 cm³/mol. The molecule has 0 N–H and O–H groups in total. The number of rotatable bonds is 6. The third-order valence-corrected chi connectivity index (χ3v) is 7.01. The topological polar surface area (TPSA) is 137 Å². The molecule has 0 aliphatic heterocycles. The zero-order valence-corrected chi connectivity index (χ0v) is 23.4. The van der Waals surface area contributed by atoms with Crippen molar-refractivity contribution in [2.75, 3.05) is 0 Å². The van der Waals surface area contributed by atoms with Crippen LogP contribution in [0.5, 0.6) is 0 Å². The molecule has 0 heterocycles. The summed E-state index contributed by atoms with van der Waals surface area (Å²) in [5.74, 6) is -5.22. The number of carbonyl (C=O) groups excluding carboxylic acids is 2. The molecule has 0 saturated heterocycles. The van der Waals surface area contributed by atoms with Gasteiger partial charge in [-0.2, -0.15) is 0 Å². The Morgan fingerprint density at radius 1 is 0.778 bits per heavy atom. The minimum absolute atomic E-state index is 0. The molecule has 2 saturated carbocycles. The molecule has 0 amide bonds. The Morgan fingerprint density at radius 2 is 1.11 bits per heavy atom. The second kappa shape index (κ2) is 13.3. The molecule has 2 rings (SSSR count). The van der Waals surface area contributed by atoms with Crippen molar-refractivity contribution in [2.45, 2.75) is 69.5 Å². The van der Waals surface area contributed by atoms with E-state index in [4.69, 9.17) is 0 Å². The molecule has 0 spiro atoms. The van der Waals surface area contributed by atoms with Crippen LogP contribution in [-0.4, -0.2) is 30.2 Å². The van der Waals surface area contributed by atoms with E-state index in [9.17, 15) is 32.8 Å². The van der Waals surface area contributed by atoms with E-state index in [-0.39, 0.29) is 88.7 Å². The third-order valence-electron chi connectivity index (χ3n) is 5.85. The minimum Gasteiger partial charge on any atom is -0.747 e. The van der Waals surface area contributed by atoms with Gasteiger partial charge in [-0.25, -0.2) is 8.42 Å². The normalized spacial score (nSPS) is 20.3. The second-order valence-corrected chi connectivity index (χ2v) is 8.54. The van der Waals surface area contributed by atoms with Crippen LogP contribution in [0.3, 0.4) is 0 Å². The fourth-order valence-electron chi connectivity index (χ4n) is 4.91. The summed E-state index contributed by atoms with van der Waals surface area (Å²) in [6.45, 7) is 0. The smallest absolute Gasteiger partial charge is 0.747 e. The van der Waals surface area contributed by atoms with E-state index in [2.05, 4.69) is 0 Å². The molecule has 0 bridgehead atoms. The van der Waals surface area contributed by atoms with Crippen molar-refractivity contribution in [3.63, 3.8) is 0 Å². The van der Waals surface area contributed by atoms with E-state index in [1.165, 1.54) is 0 Å². The van der Waals surface area contributed by atoms with Crippen LogP contribution >= 0.6 is 0 Å². The molecule has 138 valence electrons. The first-order valence-corrected chi connectivity index (χ1v) is 10.1. The molecular formula is C16H23Na3O7S. The van der Waals surface area contributed by atoms with Gasteiger partial charge in [0.2, 0.25) is 0 Å². The number of hydrogen-bond donors (Lipinski definition) is 0. The van der Waals surface area contributed by atoms with Gasteiger partial charge in [-0.05, 0) is 37.5 Å². The Labute approximate surface area is 227 Å². The number of carboxylic acid groups (broad SMARTS) is 2. The van der Waals surface area contributed by atoms with Crippen molar-refractivity contribution in [1.29, 1.82) is 0 Å². The van der Waals surface area contributed by atoms with Crippen molar-refractivity contribution in [2.24, 2.45) is 17.3 Å². The van der Waals surface area contributed by atoms with E-state index < -0.39 is 44.6 Å². The van der Waals surface area contributed by atoms with Crippen LogP contribution in [0, 0.1) is 17.3 Å². The molecule has 0 aromatic heterocycles. The van der Waals surface area contributed by atoms with Crippen LogP contribution in [0.25, 0.3) is 0 Å². The summed E-state index contributed by atoms with van der Waals surface area (Å²) >= 11 is 0. The summed E-state index contributed by atoms with van der Waals surface area (Å²) in [6.07, 6.45) is 6.07. The average Bonchev–Trinajstić information content (AvgIpc) is 2.52. The summed E-state index contributed by atoms with van der Waals surface area (Å²) in [5.41, 5.74) is -2.19. The standard InChI is InChI=1S/C16H26O7S.3Na/c17-14(18)13(24(21,22)23)16(15(19)20,11-7-3-1-4-8-11)12-9-5-2-6-10-12;;;/h11-13H,1-10H2,(H,17,18)(H,19,20)(H,21,22,23);;;/q;3*+1/p-3. The Morgan fingerprint density at radius 3 is 1.33 bits per heavy atom. The van der Waals surface area contributed by atoms with Gasteiger partial charge in [-0.15, -0.1) is 0 Å². The first kappa shape index (κ1) is 31.0. The zero-order chi connectivity index (χ0) is 18.0. The monoisotopic (exact) mass is 428 g/mol. The van der Waals surface area contributed by atoms with Crippen molar-refractivity contribution in [1.82, 2.24) is 0 Å². The molecule has 2 fully saturated rings. The van der Waals surface area contributed by atoms with Crippen LogP contribution in [0.15, 0.2) is 0 Å². The third kappa shape index (κ3) is 6.92. The molecule has 2 aliphatic carbocycles. The Kier molecular flexibility index (Phi) is 15.3. The maximum Gasteiger partial charge on any atom is 1.00 e. The van der Waals surface area contributed by atoms with Gasteiger partial charge < -0.3 is 24.4 Å². The van der Waals surface area contributed by atoms with Gasteiger partial charge in [0, 0.05) is 11.4 Å². The Hall–Kier alpha value is 1.85. The molecule has 0 aromatic carbocycles. The van der Waals surface area contributed by atoms with Crippen LogP contribution in [0.4, 0.5) is 0 Å². The largest absolute Gasteiger partial charge is 1.00 e. The van der Waals surface area contributed by atoms with Gasteiger partial charge in [-0.3, -0.25) is 0 Å². The van der Waals surface area contributed by atoms with Gasteiger partial charge in [0.25, 0.3) is 0 Å². The van der Waals surface area contributed by atoms with Crippen LogP contribution < -0.4 is 98.9 Å². The van der Waals surface area contributed by atoms with Gasteiger partial charge in [-0.1, -0.05) is 38.5 Å². The Bertz CT molecular complexity index is 567. The maximum absolute atomic E-state index is 12.2. The first-order valence-electron chi connectivity index (χ1n) is 8.59. The first-order chi connectivity index (χ1) is 11.2. The predicted octanol–water partition coefficient (Wildman–Crippen LogP) is -9.44. The van der Waals surface area contributed by atoms with Crippen LogP contribution in [0.1, 0.15) is 64.2 Å². The summed E-state index contributed by atoms with van der Waals surface area (Å²) in [7, 11) is -5.40. The molecule has 11 heteroatoms. The molecule has 1 unspecified atom stereocenters. The maximum atomic E-state index is 12.2. The summed E-state index contributed by atoms with van der Waals surface area (Å²) in [5, 5.41) is 21.2. The number of aliphatic carboxylic acids is 2. The van der Waals surface area contributed by atoms with Gasteiger partial charge in [0.15, 0.2) is 0 Å². The molecule has 0 aromatic rings. The van der Waals surface area contributed by atoms with Gasteiger partial charge in [0.1, 0.15) is 15.4 Å². The fourth-order valence-corrected chi connectivity index (χ4v) is 6.11. The van der Waals surface area contributed by atoms with Gasteiger partial charge in [0.05, 0.1) is 5.97 Å². The average molecular weight is 428 g/mol. The van der Waals surface area contributed by atoms with E-state index in [0.29, 0.717) is 51.4 Å². The molecule has 27 heavy (non-hydrogen) atoms. The number of hydrogen-bond acceptors (Lipinski definition) is 7. The van der Waals surface area contributed by atoms with Crippen LogP contribution in [0.2, 0.25) is 0 Å². The zero-order valence-electron chi connectivity index (χ0n) is 16.6. The van der Waals surface area contributed by atoms with Crippen molar-refractivity contribution in [3.8, 4) is 0 Å². The number of carbonyl (C=O) groups is 2. The van der Waals surface area contributed by atoms with E-state index in [1.807, 2.05) is 0 Å². The summed E-state index contributed by atoms with van der Waals surface area (Å²) in [4.78, 5) is 23.8. The van der Waals surface area contributed by atoms with E-state index >= 15 is 0 Å². The quantitative estimate of drug-likeness (QED) is 0.303.